The molecule has 0 spiro atoms. The molecule has 2 N–H and O–H groups in total. The number of carbonyl (C=O) groups excluding carboxylic acids is 1. The van der Waals surface area contributed by atoms with Crippen LogP contribution in [0.2, 0.25) is 0 Å². The average molecular weight is 340 g/mol. The molecule has 0 bridgehead atoms. The zero-order chi connectivity index (χ0) is 17.3. The Labute approximate surface area is 145 Å². The van der Waals surface area contributed by atoms with E-state index < -0.39 is 0 Å². The molecule has 0 aliphatic carbocycles. The van der Waals surface area contributed by atoms with Crippen LogP contribution >= 0.6 is 11.8 Å². The lowest BCUT2D eigenvalue weighted by atomic mass is 10.1. The van der Waals surface area contributed by atoms with Crippen molar-refractivity contribution in [2.24, 2.45) is 0 Å². The zero-order valence-corrected chi connectivity index (χ0v) is 15.0. The molecular weight excluding hydrogens is 320 g/mol. The summed E-state index contributed by atoms with van der Waals surface area (Å²) in [6, 6.07) is 7.92. The predicted molar refractivity (Wildman–Crippen MR) is 98.5 cm³/mol. The summed E-state index contributed by atoms with van der Waals surface area (Å²) in [5.41, 5.74) is 5.78. The molecule has 2 heterocycles. The minimum Gasteiger partial charge on any atom is -0.332 e. The summed E-state index contributed by atoms with van der Waals surface area (Å²) in [5, 5.41) is 3.47. The van der Waals surface area contributed by atoms with Crippen molar-refractivity contribution in [3.8, 4) is 0 Å². The number of nitrogens with zero attached hydrogens (tertiary/aromatic N) is 2. The Morgan fingerprint density at radius 3 is 2.62 bits per heavy atom. The Morgan fingerprint density at radius 1 is 1.25 bits per heavy atom. The second kappa shape index (κ2) is 6.65. The van der Waals surface area contributed by atoms with Crippen LogP contribution in [0.15, 0.2) is 35.6 Å². The fraction of sp³-hybridized carbons (Fsp3) is 0.278. The normalized spacial score (nSPS) is 12.3. The van der Waals surface area contributed by atoms with E-state index >= 15 is 0 Å². The first kappa shape index (κ1) is 16.5. The van der Waals surface area contributed by atoms with Gasteiger partial charge in [-0.25, -0.2) is 9.97 Å². The van der Waals surface area contributed by atoms with Gasteiger partial charge in [0.2, 0.25) is 5.91 Å². The molecule has 0 saturated carbocycles. The first-order chi connectivity index (χ1) is 11.4. The Bertz CT molecular complexity index is 847. The van der Waals surface area contributed by atoms with E-state index in [9.17, 15) is 4.79 Å². The number of hydrogen-bond acceptors (Lipinski definition) is 4. The third-order valence-corrected chi connectivity index (χ3v) is 4.80. The number of amides is 1. The van der Waals surface area contributed by atoms with E-state index in [1.165, 1.54) is 17.3 Å². The maximum Gasteiger partial charge on any atom is 0.237 e. The summed E-state index contributed by atoms with van der Waals surface area (Å²) >= 11 is 1.39. The molecule has 0 unspecified atom stereocenters. The maximum absolute atomic E-state index is 12.5. The maximum atomic E-state index is 12.5. The van der Waals surface area contributed by atoms with Crippen molar-refractivity contribution in [3.63, 3.8) is 0 Å². The van der Waals surface area contributed by atoms with E-state index in [-0.39, 0.29) is 11.2 Å². The van der Waals surface area contributed by atoms with Gasteiger partial charge in [0, 0.05) is 11.9 Å². The van der Waals surface area contributed by atoms with E-state index in [0.717, 1.165) is 22.3 Å². The second-order valence-electron chi connectivity index (χ2n) is 5.94. The number of carbonyl (C=O) groups is 1. The van der Waals surface area contributed by atoms with Gasteiger partial charge in [0.1, 0.15) is 0 Å². The molecule has 3 rings (SSSR count). The highest BCUT2D eigenvalue weighted by Gasteiger charge is 2.18. The van der Waals surface area contributed by atoms with Crippen molar-refractivity contribution >= 4 is 34.5 Å². The summed E-state index contributed by atoms with van der Waals surface area (Å²) in [4.78, 5) is 24.3. The van der Waals surface area contributed by atoms with Crippen molar-refractivity contribution in [2.75, 3.05) is 5.32 Å². The van der Waals surface area contributed by atoms with E-state index in [1.54, 1.807) is 6.20 Å². The van der Waals surface area contributed by atoms with E-state index in [1.807, 2.05) is 32.9 Å². The topological polar surface area (TPSA) is 70.7 Å². The number of H-pyrrole nitrogens is 1. The quantitative estimate of drug-likeness (QED) is 0.704. The van der Waals surface area contributed by atoms with Crippen LogP contribution in [0.3, 0.4) is 0 Å². The van der Waals surface area contributed by atoms with Crippen LogP contribution in [0.5, 0.6) is 0 Å². The summed E-state index contributed by atoms with van der Waals surface area (Å²) in [6.45, 7) is 7.95. The average Bonchev–Trinajstić information content (AvgIpc) is 2.92. The molecule has 124 valence electrons. The molecule has 1 aromatic carbocycles. The molecule has 5 nitrogen and oxygen atoms in total. The molecule has 24 heavy (non-hydrogen) atoms. The first-order valence-electron chi connectivity index (χ1n) is 7.80. The van der Waals surface area contributed by atoms with Gasteiger partial charge in [0.25, 0.3) is 0 Å². The second-order valence-corrected chi connectivity index (χ2v) is 7.27. The number of rotatable bonds is 4. The summed E-state index contributed by atoms with van der Waals surface area (Å²) in [5.74, 6) is -0.0385. The van der Waals surface area contributed by atoms with Gasteiger partial charge < -0.3 is 10.3 Å². The Kier molecular flexibility index (Phi) is 4.57. The molecule has 3 aromatic rings. The van der Waals surface area contributed by atoms with Gasteiger partial charge in [-0.05, 0) is 51.0 Å². The molecule has 0 fully saturated rings. The van der Waals surface area contributed by atoms with Crippen molar-refractivity contribution in [3.05, 3.63) is 47.2 Å². The van der Waals surface area contributed by atoms with Crippen molar-refractivity contribution in [1.29, 1.82) is 0 Å². The van der Waals surface area contributed by atoms with Gasteiger partial charge in [-0.2, -0.15) is 0 Å². The number of hydrogen-bond donors (Lipinski definition) is 2. The molecular formula is C18H20N4OS. The van der Waals surface area contributed by atoms with Crippen LogP contribution in [0.1, 0.15) is 23.6 Å². The third kappa shape index (κ3) is 3.43. The van der Waals surface area contributed by atoms with Gasteiger partial charge in [-0.1, -0.05) is 29.5 Å². The smallest absolute Gasteiger partial charge is 0.237 e. The minimum atomic E-state index is -0.273. The summed E-state index contributed by atoms with van der Waals surface area (Å²) in [6.07, 6.45) is 1.71. The number of anilines is 1. The highest BCUT2D eigenvalue weighted by Crippen LogP contribution is 2.26. The van der Waals surface area contributed by atoms with Crippen molar-refractivity contribution in [1.82, 2.24) is 15.0 Å². The fourth-order valence-corrected chi connectivity index (χ4v) is 3.51. The summed E-state index contributed by atoms with van der Waals surface area (Å²) in [7, 11) is 0. The summed E-state index contributed by atoms with van der Waals surface area (Å²) < 4.78 is 0. The Morgan fingerprint density at radius 2 is 1.96 bits per heavy atom. The van der Waals surface area contributed by atoms with Crippen LogP contribution in [0, 0.1) is 20.8 Å². The van der Waals surface area contributed by atoms with Crippen LogP contribution in [0.4, 0.5) is 5.69 Å². The number of thioether (sulfide) groups is 1. The van der Waals surface area contributed by atoms with Crippen LogP contribution in [-0.4, -0.2) is 26.1 Å². The SMILES string of the molecule is Cc1cc(C)c(NC(=O)[C@H](C)Sc2nc3ncccc3[nH]2)c(C)c1. The number of imidazole rings is 1. The van der Waals surface area contributed by atoms with Gasteiger partial charge in [-0.3, -0.25) is 4.79 Å². The Balaban J connectivity index is 1.73. The lowest BCUT2D eigenvalue weighted by Gasteiger charge is -2.15. The number of aryl methyl sites for hydroxylation is 3. The van der Waals surface area contributed by atoms with Gasteiger partial charge in [-0.15, -0.1) is 0 Å². The fourth-order valence-electron chi connectivity index (χ4n) is 2.70. The number of nitrogens with one attached hydrogen (secondary N) is 2. The van der Waals surface area contributed by atoms with Crippen molar-refractivity contribution in [2.45, 2.75) is 38.1 Å². The number of fused-ring (bicyclic) bond motifs is 1. The number of aromatic amines is 1. The minimum absolute atomic E-state index is 0.0385. The molecule has 1 amide bonds. The number of aromatic nitrogens is 3. The number of benzene rings is 1. The molecule has 2 aromatic heterocycles. The zero-order valence-electron chi connectivity index (χ0n) is 14.2. The monoisotopic (exact) mass is 340 g/mol. The molecule has 0 radical (unpaired) electrons. The van der Waals surface area contributed by atoms with E-state index in [2.05, 4.69) is 39.3 Å². The Hall–Kier alpha value is -2.34. The predicted octanol–water partition coefficient (Wildman–Crippen LogP) is 4.00. The van der Waals surface area contributed by atoms with Crippen molar-refractivity contribution < 1.29 is 4.79 Å². The molecule has 0 aliphatic heterocycles. The van der Waals surface area contributed by atoms with E-state index in [0.29, 0.717) is 10.8 Å². The van der Waals surface area contributed by atoms with Gasteiger partial charge >= 0.3 is 0 Å². The van der Waals surface area contributed by atoms with Crippen LogP contribution in [-0.2, 0) is 4.79 Å². The highest BCUT2D eigenvalue weighted by molar-refractivity contribution is 8.00. The van der Waals surface area contributed by atoms with E-state index in [4.69, 9.17) is 0 Å². The molecule has 0 saturated heterocycles. The lowest BCUT2D eigenvalue weighted by molar-refractivity contribution is -0.115. The molecule has 6 heteroatoms. The molecule has 1 atom stereocenters. The van der Waals surface area contributed by atoms with Crippen LogP contribution in [0.25, 0.3) is 11.2 Å². The highest BCUT2D eigenvalue weighted by atomic mass is 32.2. The van der Waals surface area contributed by atoms with Crippen LogP contribution < -0.4 is 5.32 Å². The van der Waals surface area contributed by atoms with Gasteiger partial charge in [0.05, 0.1) is 10.8 Å². The van der Waals surface area contributed by atoms with Gasteiger partial charge in [0.15, 0.2) is 10.8 Å². The largest absolute Gasteiger partial charge is 0.332 e. The lowest BCUT2D eigenvalue weighted by Crippen LogP contribution is -2.23. The molecule has 0 aliphatic rings. The third-order valence-electron chi connectivity index (χ3n) is 3.82. The standard InChI is InChI=1S/C18H20N4OS/c1-10-8-11(2)15(12(3)9-10)21-17(23)13(4)24-18-20-14-6-5-7-19-16(14)22-18/h5-9,13H,1-4H3,(H,21,23)(H,19,20,22)/t13-/m0/s1. The number of pyridine rings is 1. The first-order valence-corrected chi connectivity index (χ1v) is 8.68.